The van der Waals surface area contributed by atoms with E-state index in [1.807, 2.05) is 20.9 Å². The fourth-order valence-electron chi connectivity index (χ4n) is 0.145. The van der Waals surface area contributed by atoms with E-state index in [0.29, 0.717) is 6.61 Å². The second kappa shape index (κ2) is 89.4. The normalized spacial score (nSPS) is 6.60. The maximum absolute atomic E-state index is 8.26. The Kier molecular flexibility index (Phi) is 261. The van der Waals surface area contributed by atoms with Crippen LogP contribution < -0.4 is 0 Å². The van der Waals surface area contributed by atoms with Crippen molar-refractivity contribution in [3.63, 3.8) is 0 Å². The minimum Gasteiger partial charge on any atom is -0.396 e. The second-order valence-corrected chi connectivity index (χ2v) is 4.40. The summed E-state index contributed by atoms with van der Waals surface area (Å²) >= 11 is 0. The molecule has 0 rings (SSSR count). The van der Waals surface area contributed by atoms with Gasteiger partial charge in [-0.15, -0.1) is 0 Å². The lowest BCUT2D eigenvalue weighted by molar-refractivity contribution is 0.0512. The van der Waals surface area contributed by atoms with Crippen molar-refractivity contribution in [3.05, 3.63) is 0 Å². The maximum Gasteiger partial charge on any atom is 0.0971 e. The molecule has 8 nitrogen and oxygen atoms in total. The van der Waals surface area contributed by atoms with Gasteiger partial charge >= 0.3 is 0 Å². The van der Waals surface area contributed by atoms with Gasteiger partial charge in [-0.3, -0.25) is 14.7 Å². The molecule has 0 atom stereocenters. The zero-order valence-electron chi connectivity index (χ0n) is 14.5. The SMILES string of the molecule is C.C.C.C.C.C.C.C.C.CCCO.CCN(C)CO.CN(C)CO.CN(CO)CO. The van der Waals surface area contributed by atoms with Crippen molar-refractivity contribution in [2.45, 2.75) is 87.1 Å². The lowest BCUT2D eigenvalue weighted by Crippen LogP contribution is -2.19. The molecular formula is C22H73N3O5. The molecule has 0 saturated carbocycles. The number of nitrogens with zero attached hydrogens (tertiary/aromatic N) is 3. The van der Waals surface area contributed by atoms with Crippen molar-refractivity contribution >= 4 is 0 Å². The van der Waals surface area contributed by atoms with Crippen LogP contribution in [0.25, 0.3) is 0 Å². The predicted molar refractivity (Wildman–Crippen MR) is 146 cm³/mol. The number of hydrogen-bond acceptors (Lipinski definition) is 8. The third kappa shape index (κ3) is 173. The van der Waals surface area contributed by atoms with E-state index in [-0.39, 0.29) is 93.8 Å². The third-order valence-electron chi connectivity index (χ3n) is 1.77. The fraction of sp³-hybridized carbons (Fsp3) is 1.00. The van der Waals surface area contributed by atoms with E-state index in [1.165, 1.54) is 4.90 Å². The molecule has 206 valence electrons. The summed E-state index contributed by atoms with van der Waals surface area (Å²) in [6, 6.07) is 0. The molecule has 0 aromatic carbocycles. The minimum atomic E-state index is -0.0868. The smallest absolute Gasteiger partial charge is 0.0971 e. The van der Waals surface area contributed by atoms with E-state index in [0.717, 1.165) is 13.0 Å². The summed E-state index contributed by atoms with van der Waals surface area (Å²) in [5, 5.41) is 40.4. The first kappa shape index (κ1) is 87.7. The molecule has 30 heavy (non-hydrogen) atoms. The topological polar surface area (TPSA) is 111 Å². The van der Waals surface area contributed by atoms with Crippen LogP contribution in [0.2, 0.25) is 0 Å². The first-order valence-electron chi connectivity index (χ1n) is 6.87. The summed E-state index contributed by atoms with van der Waals surface area (Å²) in [5.41, 5.74) is 0. The first-order chi connectivity index (χ1) is 9.80. The zero-order chi connectivity index (χ0) is 17.7. The standard InChI is InChI=1S/C4H11NO.C3H9NO2.C3H9NO.C3H8O.9CH4/c1-3-5(2)4-6;1-4(2-5)3-6;1-4(2)3-5;1-2-3-4;;;;;;;;;/h6H,3-4H2,1-2H3;5-6H,2-3H2,1H3;5H,3H2,1-2H3;4H,2-3H2,1H3;9*1H4. The van der Waals surface area contributed by atoms with Crippen LogP contribution in [-0.4, -0.2) is 108 Å². The number of aliphatic hydroxyl groups is 5. The zero-order valence-corrected chi connectivity index (χ0v) is 14.5. The molecule has 0 fully saturated rings. The molecule has 0 saturated heterocycles. The van der Waals surface area contributed by atoms with E-state index >= 15 is 0 Å². The van der Waals surface area contributed by atoms with Crippen molar-refractivity contribution in [3.8, 4) is 0 Å². The molecule has 0 aliphatic heterocycles. The summed E-state index contributed by atoms with van der Waals surface area (Å²) in [6.07, 6.45) is 0.875. The quantitative estimate of drug-likeness (QED) is 0.373. The number of aliphatic hydroxyl groups excluding tert-OH is 5. The van der Waals surface area contributed by atoms with Gasteiger partial charge in [-0.05, 0) is 41.2 Å². The Morgan fingerprint density at radius 3 is 0.667 bits per heavy atom. The van der Waals surface area contributed by atoms with Gasteiger partial charge in [0, 0.05) is 6.61 Å². The summed E-state index contributed by atoms with van der Waals surface area (Å²) in [4.78, 5) is 4.85. The van der Waals surface area contributed by atoms with Crippen molar-refractivity contribution < 1.29 is 25.5 Å². The molecule has 0 unspecified atom stereocenters. The van der Waals surface area contributed by atoms with Crippen molar-refractivity contribution in [1.82, 2.24) is 14.7 Å². The van der Waals surface area contributed by atoms with Crippen molar-refractivity contribution in [2.75, 3.05) is 68.3 Å². The lowest BCUT2D eigenvalue weighted by Gasteiger charge is -2.06. The van der Waals surface area contributed by atoms with Gasteiger partial charge in [-0.1, -0.05) is 80.7 Å². The van der Waals surface area contributed by atoms with Gasteiger partial charge in [0.2, 0.25) is 0 Å². The average Bonchev–Trinajstić information content (AvgIpc) is 2.54. The largest absolute Gasteiger partial charge is 0.396 e. The Labute approximate surface area is 196 Å². The Bertz CT molecular complexity index is 139. The Balaban J connectivity index is -0.0000000107. The molecule has 8 heteroatoms. The van der Waals surface area contributed by atoms with Gasteiger partial charge in [-0.25, -0.2) is 0 Å². The van der Waals surface area contributed by atoms with Crippen molar-refractivity contribution in [1.29, 1.82) is 0 Å². The summed E-state index contributed by atoms with van der Waals surface area (Å²) in [5.74, 6) is 0. The van der Waals surface area contributed by atoms with Gasteiger partial charge in [0.25, 0.3) is 0 Å². The Hall–Kier alpha value is -0.320. The van der Waals surface area contributed by atoms with Gasteiger partial charge < -0.3 is 25.5 Å². The monoisotopic (exact) mass is 460 g/mol. The van der Waals surface area contributed by atoms with E-state index in [9.17, 15) is 0 Å². The van der Waals surface area contributed by atoms with Crippen LogP contribution in [0.5, 0.6) is 0 Å². The fourth-order valence-corrected chi connectivity index (χ4v) is 0.145. The van der Waals surface area contributed by atoms with Crippen LogP contribution in [0.15, 0.2) is 0 Å². The van der Waals surface area contributed by atoms with Crippen LogP contribution >= 0.6 is 0 Å². The van der Waals surface area contributed by atoms with Gasteiger partial charge in [-0.2, -0.15) is 0 Å². The molecule has 0 amide bonds. The van der Waals surface area contributed by atoms with Gasteiger partial charge in [0.05, 0.1) is 26.9 Å². The van der Waals surface area contributed by atoms with Crippen LogP contribution in [0.3, 0.4) is 0 Å². The van der Waals surface area contributed by atoms with Crippen LogP contribution in [0, 0.1) is 0 Å². The summed E-state index contributed by atoms with van der Waals surface area (Å²) in [6.45, 7) is 5.29. The summed E-state index contributed by atoms with van der Waals surface area (Å²) < 4.78 is 0. The minimum absolute atomic E-state index is 0. The average molecular weight is 460 g/mol. The molecule has 5 N–H and O–H groups in total. The molecule has 0 radical (unpaired) electrons. The first-order valence-corrected chi connectivity index (χ1v) is 6.87. The Morgan fingerprint density at radius 1 is 0.467 bits per heavy atom. The number of rotatable bonds is 6. The molecule has 0 spiro atoms. The Morgan fingerprint density at radius 2 is 0.667 bits per heavy atom. The molecular weight excluding hydrogens is 386 g/mol. The van der Waals surface area contributed by atoms with E-state index in [1.54, 1.807) is 30.9 Å². The highest BCUT2D eigenvalue weighted by Gasteiger charge is 1.84. The molecule has 0 bridgehead atoms. The van der Waals surface area contributed by atoms with Crippen molar-refractivity contribution in [2.24, 2.45) is 0 Å². The predicted octanol–water partition coefficient (Wildman–Crippen LogP) is 4.32. The van der Waals surface area contributed by atoms with E-state index in [4.69, 9.17) is 25.5 Å². The van der Waals surface area contributed by atoms with E-state index in [2.05, 4.69) is 0 Å². The van der Waals surface area contributed by atoms with E-state index < -0.39 is 0 Å². The highest BCUT2D eigenvalue weighted by Crippen LogP contribution is 1.71. The second-order valence-electron chi connectivity index (χ2n) is 4.40. The molecule has 0 aromatic rings. The number of hydrogen-bond donors (Lipinski definition) is 5. The lowest BCUT2D eigenvalue weighted by atomic mass is 10.5. The molecule has 0 aliphatic rings. The highest BCUT2D eigenvalue weighted by atomic mass is 16.3. The molecule has 0 aromatic heterocycles. The van der Waals surface area contributed by atoms with Crippen LogP contribution in [0.4, 0.5) is 0 Å². The summed E-state index contributed by atoms with van der Waals surface area (Å²) in [7, 11) is 7.08. The van der Waals surface area contributed by atoms with Gasteiger partial charge in [0.15, 0.2) is 0 Å². The van der Waals surface area contributed by atoms with Crippen LogP contribution in [-0.2, 0) is 0 Å². The van der Waals surface area contributed by atoms with Crippen LogP contribution in [0.1, 0.15) is 87.1 Å². The van der Waals surface area contributed by atoms with Gasteiger partial charge in [0.1, 0.15) is 0 Å². The molecule has 0 aliphatic carbocycles. The highest BCUT2D eigenvalue weighted by molar-refractivity contribution is 4.30. The third-order valence-corrected chi connectivity index (χ3v) is 1.77. The molecule has 0 heterocycles. The maximum atomic E-state index is 8.26.